The molecule has 0 amide bonds. The number of hydrogen-bond donors (Lipinski definition) is 0. The van der Waals surface area contributed by atoms with Gasteiger partial charge in [-0.3, -0.25) is 4.79 Å². The van der Waals surface area contributed by atoms with Crippen LogP contribution in [-0.4, -0.2) is 12.9 Å². The summed E-state index contributed by atoms with van der Waals surface area (Å²) < 4.78 is 5.04. The van der Waals surface area contributed by atoms with Crippen molar-refractivity contribution >= 4 is 11.4 Å². The van der Waals surface area contributed by atoms with Crippen LogP contribution in [0.3, 0.4) is 0 Å². The van der Waals surface area contributed by atoms with Crippen molar-refractivity contribution in [3.8, 4) is 11.8 Å². The molecule has 0 spiro atoms. The molecule has 0 radical (unpaired) electrons. The third-order valence-electron chi connectivity index (χ3n) is 2.13. The maximum Gasteiger partial charge on any atom is 0.262 e. The Balaban J connectivity index is 3.13. The molecule has 0 heterocycles. The zero-order valence-electron chi connectivity index (χ0n) is 8.70. The van der Waals surface area contributed by atoms with Crippen LogP contribution < -0.4 is 4.74 Å². The highest BCUT2D eigenvalue weighted by atomic mass is 16.5. The number of methoxy groups -OCH3 is 1. The monoisotopic (exact) mass is 201 g/mol. The lowest BCUT2D eigenvalue weighted by atomic mass is 9.99. The molecule has 0 N–H and O–H groups in total. The van der Waals surface area contributed by atoms with Crippen LogP contribution in [0.1, 0.15) is 11.1 Å². The van der Waals surface area contributed by atoms with Crippen molar-refractivity contribution in [1.29, 1.82) is 5.26 Å². The summed E-state index contributed by atoms with van der Waals surface area (Å²) in [5.74, 6) is 0.108. The highest BCUT2D eigenvalue weighted by Gasteiger charge is 2.11. The van der Waals surface area contributed by atoms with Crippen LogP contribution in [0.2, 0.25) is 0 Å². The Morgan fingerprint density at radius 2 is 2.20 bits per heavy atom. The summed E-state index contributed by atoms with van der Waals surface area (Å²) in [5.41, 5.74) is 1.77. The Labute approximate surface area is 88.6 Å². The predicted octanol–water partition coefficient (Wildman–Crippen LogP) is 2.11. The first-order valence-corrected chi connectivity index (χ1v) is 4.38. The van der Waals surface area contributed by atoms with Crippen molar-refractivity contribution in [2.75, 3.05) is 7.11 Å². The van der Waals surface area contributed by atoms with E-state index in [1.165, 1.54) is 0 Å². The van der Waals surface area contributed by atoms with E-state index in [1.54, 1.807) is 31.4 Å². The molecule has 0 fully saturated rings. The minimum Gasteiger partial charge on any atom is -0.497 e. The summed E-state index contributed by atoms with van der Waals surface area (Å²) in [4.78, 5) is 11.1. The van der Waals surface area contributed by atoms with E-state index in [-0.39, 0.29) is 5.57 Å². The van der Waals surface area contributed by atoms with Gasteiger partial charge in [-0.25, -0.2) is 0 Å². The topological polar surface area (TPSA) is 50.1 Å². The first-order valence-electron chi connectivity index (χ1n) is 4.38. The van der Waals surface area contributed by atoms with Gasteiger partial charge in [0.25, 0.3) is 5.78 Å². The van der Waals surface area contributed by atoms with Gasteiger partial charge in [-0.2, -0.15) is 5.26 Å². The van der Waals surface area contributed by atoms with E-state index in [0.29, 0.717) is 11.3 Å². The van der Waals surface area contributed by atoms with Gasteiger partial charge in [0.05, 0.1) is 7.11 Å². The third-order valence-corrected chi connectivity index (χ3v) is 2.13. The second kappa shape index (κ2) is 4.43. The number of aryl methyl sites for hydroxylation is 1. The number of allylic oxidation sites excluding steroid dienone is 1. The van der Waals surface area contributed by atoms with Gasteiger partial charge in [0.2, 0.25) is 0 Å². The molecule has 1 rings (SSSR count). The van der Waals surface area contributed by atoms with Gasteiger partial charge < -0.3 is 4.74 Å². The highest BCUT2D eigenvalue weighted by Crippen LogP contribution is 2.22. The van der Waals surface area contributed by atoms with Crippen molar-refractivity contribution in [3.05, 3.63) is 35.9 Å². The van der Waals surface area contributed by atoms with E-state index in [9.17, 15) is 4.79 Å². The maximum atomic E-state index is 11.1. The first-order chi connectivity index (χ1) is 7.10. The summed E-state index contributed by atoms with van der Waals surface area (Å²) in [5, 5.41) is 8.47. The molecular formula is C12H11NO2. The second-order valence-corrected chi connectivity index (χ2v) is 3.10. The summed E-state index contributed by atoms with van der Waals surface area (Å²) in [6.07, 6.45) is 0. The molecule has 0 unspecified atom stereocenters. The van der Waals surface area contributed by atoms with Crippen LogP contribution in [0, 0.1) is 18.3 Å². The molecule has 0 aromatic heterocycles. The van der Waals surface area contributed by atoms with Gasteiger partial charge >= 0.3 is 0 Å². The van der Waals surface area contributed by atoms with E-state index in [1.807, 2.05) is 6.92 Å². The number of carbonyl (C=O) groups is 1. The molecule has 15 heavy (non-hydrogen) atoms. The molecule has 0 atom stereocenters. The highest BCUT2D eigenvalue weighted by molar-refractivity contribution is 6.27. The van der Waals surface area contributed by atoms with E-state index in [2.05, 4.69) is 6.58 Å². The average molecular weight is 201 g/mol. The Morgan fingerprint density at radius 1 is 1.53 bits per heavy atom. The van der Waals surface area contributed by atoms with Crippen molar-refractivity contribution < 1.29 is 9.53 Å². The number of hydrogen-bond acceptors (Lipinski definition) is 3. The number of Topliss-reactive ketones (excluding diaryl/α,β-unsaturated/α-hetero) is 1. The fraction of sp³-hybridized carbons (Fsp3) is 0.167. The SMILES string of the molecule is C=C(C(=O)C#N)c1ccc(OC)cc1C. The fourth-order valence-corrected chi connectivity index (χ4v) is 1.29. The molecule has 0 bridgehead atoms. The first kappa shape index (κ1) is 11.0. The maximum absolute atomic E-state index is 11.1. The molecule has 3 nitrogen and oxygen atoms in total. The molecule has 0 aliphatic carbocycles. The molecule has 1 aromatic carbocycles. The lowest BCUT2D eigenvalue weighted by Gasteiger charge is -2.07. The van der Waals surface area contributed by atoms with Crippen LogP contribution in [0.15, 0.2) is 24.8 Å². The molecular weight excluding hydrogens is 190 g/mol. The molecule has 0 saturated carbocycles. The van der Waals surface area contributed by atoms with E-state index >= 15 is 0 Å². The van der Waals surface area contributed by atoms with Gasteiger partial charge in [-0.15, -0.1) is 0 Å². The van der Waals surface area contributed by atoms with Crippen LogP contribution in [0.4, 0.5) is 0 Å². The van der Waals surface area contributed by atoms with Crippen LogP contribution >= 0.6 is 0 Å². The molecule has 0 aliphatic heterocycles. The van der Waals surface area contributed by atoms with Gasteiger partial charge in [0.1, 0.15) is 11.8 Å². The van der Waals surface area contributed by atoms with Crippen LogP contribution in [0.5, 0.6) is 5.75 Å². The third kappa shape index (κ3) is 2.23. The van der Waals surface area contributed by atoms with Crippen molar-refractivity contribution in [2.24, 2.45) is 0 Å². The smallest absolute Gasteiger partial charge is 0.262 e. The minimum atomic E-state index is -0.608. The fourth-order valence-electron chi connectivity index (χ4n) is 1.29. The zero-order chi connectivity index (χ0) is 11.4. The quantitative estimate of drug-likeness (QED) is 0.556. The normalized spacial score (nSPS) is 9.13. The van der Waals surface area contributed by atoms with Gasteiger partial charge in [-0.1, -0.05) is 12.6 Å². The van der Waals surface area contributed by atoms with Gasteiger partial charge in [0, 0.05) is 5.57 Å². The van der Waals surface area contributed by atoms with Crippen LogP contribution in [-0.2, 0) is 4.79 Å². The number of nitrogens with zero attached hydrogens (tertiary/aromatic N) is 1. The lowest BCUT2D eigenvalue weighted by molar-refractivity contribution is -0.109. The average Bonchev–Trinajstić information content (AvgIpc) is 2.26. The van der Waals surface area contributed by atoms with Crippen molar-refractivity contribution in [3.63, 3.8) is 0 Å². The van der Waals surface area contributed by atoms with Crippen molar-refractivity contribution in [1.82, 2.24) is 0 Å². The summed E-state index contributed by atoms with van der Waals surface area (Å²) in [7, 11) is 1.57. The Kier molecular flexibility index (Phi) is 3.25. The van der Waals surface area contributed by atoms with E-state index in [0.717, 1.165) is 5.56 Å². The van der Waals surface area contributed by atoms with Crippen molar-refractivity contribution in [2.45, 2.75) is 6.92 Å². The Morgan fingerprint density at radius 3 is 2.67 bits per heavy atom. The van der Waals surface area contributed by atoms with Crippen LogP contribution in [0.25, 0.3) is 5.57 Å². The summed E-state index contributed by atoms with van der Waals surface area (Å²) in [6, 6.07) is 6.81. The van der Waals surface area contributed by atoms with Gasteiger partial charge in [-0.05, 0) is 30.2 Å². The molecule has 3 heteroatoms. The molecule has 1 aromatic rings. The minimum absolute atomic E-state index is 0.220. The molecule has 0 aliphatic rings. The van der Waals surface area contributed by atoms with E-state index < -0.39 is 5.78 Å². The standard InChI is InChI=1S/C12H11NO2/c1-8-6-10(15-3)4-5-11(8)9(2)12(14)7-13/h4-6H,2H2,1,3H3. The predicted molar refractivity (Wildman–Crippen MR) is 57.4 cm³/mol. The summed E-state index contributed by atoms with van der Waals surface area (Å²) >= 11 is 0. The number of ketones is 1. The molecule has 0 saturated heterocycles. The second-order valence-electron chi connectivity index (χ2n) is 3.10. The Bertz CT molecular complexity index is 455. The number of carbonyl (C=O) groups excluding carboxylic acids is 1. The number of rotatable bonds is 3. The lowest BCUT2D eigenvalue weighted by Crippen LogP contribution is -1.99. The van der Waals surface area contributed by atoms with Gasteiger partial charge in [0.15, 0.2) is 0 Å². The zero-order valence-corrected chi connectivity index (χ0v) is 8.70. The number of ether oxygens (including phenoxy) is 1. The molecule has 76 valence electrons. The summed E-state index contributed by atoms with van der Waals surface area (Å²) in [6.45, 7) is 5.44. The largest absolute Gasteiger partial charge is 0.497 e. The Hall–Kier alpha value is -2.08. The number of benzene rings is 1. The van der Waals surface area contributed by atoms with E-state index in [4.69, 9.17) is 10.00 Å². The number of nitriles is 1.